The fraction of sp³-hybridized carbons (Fsp3) is 0.692. The Bertz CT molecular complexity index is 429. The number of rotatable bonds is 4. The van der Waals surface area contributed by atoms with Gasteiger partial charge in [-0.15, -0.1) is 0 Å². The van der Waals surface area contributed by atoms with Crippen LogP contribution in [0.4, 0.5) is 11.6 Å². The van der Waals surface area contributed by atoms with Gasteiger partial charge in [-0.25, -0.2) is 9.97 Å². The van der Waals surface area contributed by atoms with Crippen molar-refractivity contribution in [3.63, 3.8) is 0 Å². The molecular formula is C13H21BrN4O. The molecule has 0 saturated carbocycles. The Morgan fingerprint density at radius 1 is 1.53 bits per heavy atom. The zero-order chi connectivity index (χ0) is 13.8. The Morgan fingerprint density at radius 3 is 3.00 bits per heavy atom. The normalized spacial score (nSPS) is 23.5. The first-order chi connectivity index (χ1) is 9.13. The molecule has 1 aliphatic rings. The van der Waals surface area contributed by atoms with Gasteiger partial charge in [0.25, 0.3) is 0 Å². The fourth-order valence-electron chi connectivity index (χ4n) is 2.19. The van der Waals surface area contributed by atoms with Crippen molar-refractivity contribution >= 4 is 27.6 Å². The van der Waals surface area contributed by atoms with Gasteiger partial charge in [0.2, 0.25) is 0 Å². The lowest BCUT2D eigenvalue weighted by Crippen LogP contribution is -2.43. The van der Waals surface area contributed by atoms with Crippen LogP contribution in [0.1, 0.15) is 26.7 Å². The van der Waals surface area contributed by atoms with E-state index in [9.17, 15) is 5.11 Å². The quantitative estimate of drug-likeness (QED) is 0.887. The summed E-state index contributed by atoms with van der Waals surface area (Å²) >= 11 is 3.57. The highest BCUT2D eigenvalue weighted by Gasteiger charge is 2.26. The molecule has 5 nitrogen and oxygen atoms in total. The van der Waals surface area contributed by atoms with Crippen molar-refractivity contribution in [3.05, 3.63) is 10.8 Å². The number of hydrogen-bond donors (Lipinski definition) is 2. The van der Waals surface area contributed by atoms with Crippen molar-refractivity contribution in [1.82, 2.24) is 9.97 Å². The van der Waals surface area contributed by atoms with E-state index < -0.39 is 0 Å². The van der Waals surface area contributed by atoms with E-state index in [1.54, 1.807) is 6.33 Å². The highest BCUT2D eigenvalue weighted by molar-refractivity contribution is 9.10. The van der Waals surface area contributed by atoms with E-state index >= 15 is 0 Å². The van der Waals surface area contributed by atoms with Gasteiger partial charge in [-0.3, -0.25) is 0 Å². The molecule has 0 bridgehead atoms. The minimum absolute atomic E-state index is 0.289. The maximum absolute atomic E-state index is 10.00. The van der Waals surface area contributed by atoms with Crippen LogP contribution in [0.15, 0.2) is 10.8 Å². The van der Waals surface area contributed by atoms with Crippen molar-refractivity contribution in [1.29, 1.82) is 0 Å². The molecule has 2 N–H and O–H groups in total. The van der Waals surface area contributed by atoms with Gasteiger partial charge in [-0.1, -0.05) is 13.8 Å². The van der Waals surface area contributed by atoms with Gasteiger partial charge in [-0.2, -0.15) is 0 Å². The topological polar surface area (TPSA) is 61.3 Å². The molecule has 6 heteroatoms. The van der Waals surface area contributed by atoms with Crippen LogP contribution < -0.4 is 10.2 Å². The van der Waals surface area contributed by atoms with Gasteiger partial charge in [0.1, 0.15) is 22.4 Å². The monoisotopic (exact) mass is 328 g/mol. The van der Waals surface area contributed by atoms with Gasteiger partial charge in [0.15, 0.2) is 0 Å². The second-order valence-corrected chi connectivity index (χ2v) is 5.86. The van der Waals surface area contributed by atoms with Crippen molar-refractivity contribution in [2.75, 3.05) is 29.9 Å². The highest BCUT2D eigenvalue weighted by Crippen LogP contribution is 2.32. The lowest BCUT2D eigenvalue weighted by Gasteiger charge is -2.35. The summed E-state index contributed by atoms with van der Waals surface area (Å²) in [6, 6.07) is 0. The van der Waals surface area contributed by atoms with E-state index in [0.29, 0.717) is 12.5 Å². The minimum atomic E-state index is -0.289. The lowest BCUT2D eigenvalue weighted by molar-refractivity contribution is 0.102. The van der Waals surface area contributed by atoms with Gasteiger partial charge in [0, 0.05) is 19.6 Å². The number of nitrogens with one attached hydrogen (secondary N) is 1. The first-order valence-corrected chi connectivity index (χ1v) is 7.60. The Morgan fingerprint density at radius 2 is 2.32 bits per heavy atom. The third-order valence-corrected chi connectivity index (χ3v) is 4.26. The largest absolute Gasteiger partial charge is 0.391 e. The summed E-state index contributed by atoms with van der Waals surface area (Å²) in [7, 11) is 0. The summed E-state index contributed by atoms with van der Waals surface area (Å²) in [5.41, 5.74) is 0. The molecule has 0 amide bonds. The smallest absolute Gasteiger partial charge is 0.148 e. The zero-order valence-electron chi connectivity index (χ0n) is 11.4. The number of hydrogen-bond acceptors (Lipinski definition) is 5. The van der Waals surface area contributed by atoms with E-state index in [-0.39, 0.29) is 6.10 Å². The molecule has 2 atom stereocenters. The number of piperidine rings is 1. The number of anilines is 2. The van der Waals surface area contributed by atoms with Crippen LogP contribution >= 0.6 is 15.9 Å². The van der Waals surface area contributed by atoms with E-state index in [1.165, 1.54) is 0 Å². The molecular weight excluding hydrogens is 308 g/mol. The molecule has 0 aliphatic carbocycles. The van der Waals surface area contributed by atoms with Crippen molar-refractivity contribution < 1.29 is 5.11 Å². The van der Waals surface area contributed by atoms with E-state index in [0.717, 1.165) is 42.0 Å². The maximum Gasteiger partial charge on any atom is 0.148 e. The molecule has 2 heterocycles. The lowest BCUT2D eigenvalue weighted by atomic mass is 9.96. The van der Waals surface area contributed by atoms with E-state index in [4.69, 9.17) is 0 Å². The number of nitrogens with zero attached hydrogens (tertiary/aromatic N) is 3. The molecule has 19 heavy (non-hydrogen) atoms. The van der Waals surface area contributed by atoms with Crippen molar-refractivity contribution in [3.8, 4) is 0 Å². The minimum Gasteiger partial charge on any atom is -0.391 e. The highest BCUT2D eigenvalue weighted by atomic mass is 79.9. The summed E-state index contributed by atoms with van der Waals surface area (Å²) in [4.78, 5) is 10.7. The Labute approximate surface area is 122 Å². The van der Waals surface area contributed by atoms with Crippen LogP contribution in [0.25, 0.3) is 0 Å². The number of aliphatic hydroxyl groups excluding tert-OH is 1. The summed E-state index contributed by atoms with van der Waals surface area (Å²) in [5.74, 6) is 2.04. The summed E-state index contributed by atoms with van der Waals surface area (Å²) in [5, 5.41) is 13.3. The molecule has 106 valence electrons. The van der Waals surface area contributed by atoms with Crippen molar-refractivity contribution in [2.45, 2.75) is 32.8 Å². The van der Waals surface area contributed by atoms with Gasteiger partial charge < -0.3 is 15.3 Å². The van der Waals surface area contributed by atoms with Crippen molar-refractivity contribution in [2.24, 2.45) is 5.92 Å². The Kier molecular flexibility index (Phi) is 4.99. The maximum atomic E-state index is 10.00. The molecule has 1 aromatic heterocycles. The zero-order valence-corrected chi connectivity index (χ0v) is 13.0. The first kappa shape index (κ1) is 14.5. The molecule has 2 rings (SSSR count). The molecule has 1 aliphatic heterocycles. The third-order valence-electron chi connectivity index (χ3n) is 3.53. The Balaban J connectivity index is 2.16. The van der Waals surface area contributed by atoms with Crippen LogP contribution in [0.3, 0.4) is 0 Å². The average Bonchev–Trinajstić information content (AvgIpc) is 2.41. The first-order valence-electron chi connectivity index (χ1n) is 6.80. The van der Waals surface area contributed by atoms with Gasteiger partial charge in [-0.05, 0) is 34.7 Å². The SMILES string of the molecule is CCCNc1ncnc(N2CCC(C)C(O)C2)c1Br. The summed E-state index contributed by atoms with van der Waals surface area (Å²) in [6.07, 6.45) is 3.31. The summed E-state index contributed by atoms with van der Waals surface area (Å²) in [6.45, 7) is 6.64. The predicted octanol–water partition coefficient (Wildman–Crippen LogP) is 2.27. The molecule has 0 spiro atoms. The van der Waals surface area contributed by atoms with Crippen LogP contribution in [-0.4, -0.2) is 40.8 Å². The number of aliphatic hydroxyl groups is 1. The number of aromatic nitrogens is 2. The molecule has 2 unspecified atom stereocenters. The van der Waals surface area contributed by atoms with Gasteiger partial charge >= 0.3 is 0 Å². The fourth-order valence-corrected chi connectivity index (χ4v) is 2.78. The molecule has 0 aromatic carbocycles. The third kappa shape index (κ3) is 3.36. The summed E-state index contributed by atoms with van der Waals surface area (Å²) < 4.78 is 0.880. The molecule has 0 radical (unpaired) electrons. The number of β-amino-alcohol motifs (C(OH)–C–C–N with tert-alkyl or cyclic N) is 1. The molecule has 1 saturated heterocycles. The van der Waals surface area contributed by atoms with Crippen LogP contribution in [0, 0.1) is 5.92 Å². The average molecular weight is 329 g/mol. The standard InChI is InChI=1S/C13H21BrN4O/c1-3-5-15-12-11(14)13(17-8-16-12)18-6-4-9(2)10(19)7-18/h8-10,19H,3-7H2,1-2H3,(H,15,16,17). The second kappa shape index (κ2) is 6.52. The predicted molar refractivity (Wildman–Crippen MR) is 80.5 cm³/mol. The molecule has 1 fully saturated rings. The van der Waals surface area contributed by atoms with E-state index in [2.05, 4.69) is 50.0 Å². The van der Waals surface area contributed by atoms with Crippen LogP contribution in [-0.2, 0) is 0 Å². The Hall–Kier alpha value is -0.880. The number of halogens is 1. The van der Waals surface area contributed by atoms with Crippen LogP contribution in [0.5, 0.6) is 0 Å². The second-order valence-electron chi connectivity index (χ2n) is 5.07. The molecule has 1 aromatic rings. The van der Waals surface area contributed by atoms with Crippen LogP contribution in [0.2, 0.25) is 0 Å². The van der Waals surface area contributed by atoms with E-state index in [1.807, 2.05) is 0 Å². The van der Waals surface area contributed by atoms with Gasteiger partial charge in [0.05, 0.1) is 6.10 Å².